The minimum Gasteiger partial charge on any atom is -0.300 e. The molecule has 1 saturated heterocycles. The second kappa shape index (κ2) is 3.91. The van der Waals surface area contributed by atoms with Crippen molar-refractivity contribution >= 4 is 0 Å². The molecule has 1 nitrogen and oxygen atoms in total. The van der Waals surface area contributed by atoms with Crippen LogP contribution in [0.25, 0.3) is 0 Å². The number of nitrogens with zero attached hydrogens (tertiary/aromatic N) is 1. The Morgan fingerprint density at radius 1 is 1.60 bits per heavy atom. The molecule has 0 N–H and O–H groups in total. The first-order chi connectivity index (χ1) is 4.83. The van der Waals surface area contributed by atoms with Crippen molar-refractivity contribution in [2.24, 2.45) is 0 Å². The summed E-state index contributed by atoms with van der Waals surface area (Å²) >= 11 is 0. The highest BCUT2D eigenvalue weighted by molar-refractivity contribution is 4.73. The number of hydrogen-bond donors (Lipinski definition) is 0. The molecule has 0 unspecified atom stereocenters. The molecular formula is C8H16FN. The van der Waals surface area contributed by atoms with E-state index in [2.05, 4.69) is 11.8 Å². The number of hydrogen-bond acceptors (Lipinski definition) is 1. The molecule has 0 saturated carbocycles. The lowest BCUT2D eigenvalue weighted by Crippen LogP contribution is -2.21. The Kier molecular flexibility index (Phi) is 3.13. The molecule has 1 aliphatic rings. The minimum atomic E-state index is -0.545. The number of unbranched alkanes of at least 4 members (excludes halogenated alkanes) is 1. The summed E-state index contributed by atoms with van der Waals surface area (Å²) in [5.41, 5.74) is 0. The summed E-state index contributed by atoms with van der Waals surface area (Å²) in [6, 6.07) is 0. The lowest BCUT2D eigenvalue weighted by molar-refractivity contribution is 0.285. The van der Waals surface area contributed by atoms with Crippen LogP contribution in [0.15, 0.2) is 0 Å². The Balaban J connectivity index is 2.06. The van der Waals surface area contributed by atoms with E-state index >= 15 is 0 Å². The first-order valence-electron chi connectivity index (χ1n) is 4.19. The van der Waals surface area contributed by atoms with Gasteiger partial charge in [-0.3, -0.25) is 0 Å². The van der Waals surface area contributed by atoms with Crippen molar-refractivity contribution in [3.05, 3.63) is 0 Å². The highest BCUT2D eigenvalue weighted by atomic mass is 19.1. The summed E-state index contributed by atoms with van der Waals surface area (Å²) in [5, 5.41) is 0. The lowest BCUT2D eigenvalue weighted by Gasteiger charge is -2.12. The van der Waals surface area contributed by atoms with Gasteiger partial charge in [-0.05, 0) is 19.4 Å². The van der Waals surface area contributed by atoms with Crippen molar-refractivity contribution in [1.29, 1.82) is 0 Å². The average molecular weight is 145 g/mol. The molecule has 2 heteroatoms. The number of likely N-dealkylation sites (tertiary alicyclic amines) is 1. The smallest absolute Gasteiger partial charge is 0.114 e. The second-order valence-electron chi connectivity index (χ2n) is 3.04. The van der Waals surface area contributed by atoms with Crippen LogP contribution >= 0.6 is 0 Å². The topological polar surface area (TPSA) is 3.24 Å². The molecule has 1 atom stereocenters. The van der Waals surface area contributed by atoms with Gasteiger partial charge in [0.05, 0.1) is 0 Å². The fraction of sp³-hybridized carbons (Fsp3) is 1.00. The summed E-state index contributed by atoms with van der Waals surface area (Å²) in [7, 11) is 0. The molecule has 0 amide bonds. The fourth-order valence-corrected chi connectivity index (χ4v) is 1.37. The van der Waals surface area contributed by atoms with Crippen LogP contribution < -0.4 is 0 Å². The number of rotatable bonds is 3. The van der Waals surface area contributed by atoms with Crippen LogP contribution in [0.5, 0.6) is 0 Å². The summed E-state index contributed by atoms with van der Waals surface area (Å²) < 4.78 is 12.6. The maximum absolute atomic E-state index is 12.6. The van der Waals surface area contributed by atoms with Crippen molar-refractivity contribution in [2.45, 2.75) is 32.4 Å². The van der Waals surface area contributed by atoms with Crippen LogP contribution in [-0.4, -0.2) is 30.7 Å². The van der Waals surface area contributed by atoms with Gasteiger partial charge in [0, 0.05) is 13.1 Å². The van der Waals surface area contributed by atoms with Crippen LogP contribution in [0, 0.1) is 0 Å². The van der Waals surface area contributed by atoms with Crippen LogP contribution in [0.1, 0.15) is 26.2 Å². The van der Waals surface area contributed by atoms with E-state index in [1.807, 2.05) is 0 Å². The highest BCUT2D eigenvalue weighted by Crippen LogP contribution is 2.12. The summed E-state index contributed by atoms with van der Waals surface area (Å²) in [6.07, 6.45) is 2.64. The van der Waals surface area contributed by atoms with E-state index in [0.717, 1.165) is 19.5 Å². The van der Waals surface area contributed by atoms with E-state index in [1.54, 1.807) is 0 Å². The van der Waals surface area contributed by atoms with Gasteiger partial charge < -0.3 is 4.90 Å². The molecule has 0 aromatic rings. The van der Waals surface area contributed by atoms with Gasteiger partial charge in [0.2, 0.25) is 0 Å². The monoisotopic (exact) mass is 145 g/mol. The molecule has 0 spiro atoms. The Morgan fingerprint density at radius 2 is 2.40 bits per heavy atom. The molecule has 1 heterocycles. The predicted molar refractivity (Wildman–Crippen MR) is 40.9 cm³/mol. The summed E-state index contributed by atoms with van der Waals surface area (Å²) in [5.74, 6) is 0. The number of halogens is 1. The third-order valence-corrected chi connectivity index (χ3v) is 2.04. The van der Waals surface area contributed by atoms with Crippen LogP contribution in [0.2, 0.25) is 0 Å². The van der Waals surface area contributed by atoms with Crippen molar-refractivity contribution < 1.29 is 4.39 Å². The summed E-state index contributed by atoms with van der Waals surface area (Å²) in [6.45, 7) is 4.92. The first kappa shape index (κ1) is 7.99. The molecule has 1 rings (SSSR count). The van der Waals surface area contributed by atoms with Crippen molar-refractivity contribution in [2.75, 3.05) is 19.6 Å². The van der Waals surface area contributed by atoms with Crippen molar-refractivity contribution in [3.63, 3.8) is 0 Å². The van der Waals surface area contributed by atoms with E-state index < -0.39 is 6.17 Å². The third kappa shape index (κ3) is 2.25. The normalized spacial score (nSPS) is 27.6. The largest absolute Gasteiger partial charge is 0.300 e. The Labute approximate surface area is 62.2 Å². The maximum Gasteiger partial charge on any atom is 0.114 e. The second-order valence-corrected chi connectivity index (χ2v) is 3.04. The molecule has 0 aromatic carbocycles. The quantitative estimate of drug-likeness (QED) is 0.585. The van der Waals surface area contributed by atoms with E-state index in [1.165, 1.54) is 12.8 Å². The SMILES string of the molecule is CCCCN1CC[C@@H](F)C1. The molecule has 10 heavy (non-hydrogen) atoms. The van der Waals surface area contributed by atoms with Gasteiger partial charge in [0.25, 0.3) is 0 Å². The Morgan fingerprint density at radius 3 is 2.90 bits per heavy atom. The van der Waals surface area contributed by atoms with Crippen LogP contribution in [0.4, 0.5) is 4.39 Å². The van der Waals surface area contributed by atoms with Gasteiger partial charge in [-0.2, -0.15) is 0 Å². The molecule has 1 aliphatic heterocycles. The Bertz CT molecular complexity index is 95.3. The van der Waals surface area contributed by atoms with Crippen molar-refractivity contribution in [1.82, 2.24) is 4.90 Å². The van der Waals surface area contributed by atoms with Gasteiger partial charge in [-0.25, -0.2) is 4.39 Å². The summed E-state index contributed by atoms with van der Waals surface area (Å²) in [4.78, 5) is 2.22. The molecule has 0 bridgehead atoms. The molecule has 0 radical (unpaired) electrons. The van der Waals surface area contributed by atoms with E-state index in [0.29, 0.717) is 6.54 Å². The fourth-order valence-electron chi connectivity index (χ4n) is 1.37. The van der Waals surface area contributed by atoms with Crippen LogP contribution in [0.3, 0.4) is 0 Å². The van der Waals surface area contributed by atoms with Gasteiger partial charge in [-0.15, -0.1) is 0 Å². The van der Waals surface area contributed by atoms with Gasteiger partial charge in [0.1, 0.15) is 6.17 Å². The van der Waals surface area contributed by atoms with E-state index in [4.69, 9.17) is 0 Å². The first-order valence-corrected chi connectivity index (χ1v) is 4.19. The molecule has 0 aromatic heterocycles. The zero-order valence-corrected chi connectivity index (χ0v) is 6.65. The third-order valence-electron chi connectivity index (χ3n) is 2.04. The molecule has 60 valence electrons. The van der Waals surface area contributed by atoms with Crippen molar-refractivity contribution in [3.8, 4) is 0 Å². The zero-order valence-electron chi connectivity index (χ0n) is 6.65. The predicted octanol–water partition coefficient (Wildman–Crippen LogP) is 1.83. The molecule has 0 aliphatic carbocycles. The number of alkyl halides is 1. The van der Waals surface area contributed by atoms with E-state index in [-0.39, 0.29) is 0 Å². The highest BCUT2D eigenvalue weighted by Gasteiger charge is 2.20. The molecule has 1 fully saturated rings. The lowest BCUT2D eigenvalue weighted by atomic mass is 10.3. The van der Waals surface area contributed by atoms with Crippen LogP contribution in [-0.2, 0) is 0 Å². The maximum atomic E-state index is 12.6. The van der Waals surface area contributed by atoms with E-state index in [9.17, 15) is 4.39 Å². The average Bonchev–Trinajstić information content (AvgIpc) is 2.31. The standard InChI is InChI=1S/C8H16FN/c1-2-3-5-10-6-4-8(9)7-10/h8H,2-7H2,1H3/t8-/m1/s1. The van der Waals surface area contributed by atoms with Gasteiger partial charge in [0.15, 0.2) is 0 Å². The van der Waals surface area contributed by atoms with Gasteiger partial charge in [-0.1, -0.05) is 13.3 Å². The van der Waals surface area contributed by atoms with Gasteiger partial charge >= 0.3 is 0 Å². The molecular weight excluding hydrogens is 129 g/mol. The minimum absolute atomic E-state index is 0.545. The zero-order chi connectivity index (χ0) is 7.40. The Hall–Kier alpha value is -0.110.